The number of benzene rings is 3. The lowest BCUT2D eigenvalue weighted by Crippen LogP contribution is -2.11. The first-order valence-electron chi connectivity index (χ1n) is 12.1. The quantitative estimate of drug-likeness (QED) is 0.105. The molecule has 3 rings (SSSR count). The van der Waals surface area contributed by atoms with Crippen LogP contribution in [0.2, 0.25) is 0 Å². The number of rotatable bonds is 12. The fourth-order valence-corrected chi connectivity index (χ4v) is 4.59. The van der Waals surface area contributed by atoms with Crippen molar-refractivity contribution >= 4 is 49.4 Å². The lowest BCUT2D eigenvalue weighted by atomic mass is 10.0. The van der Waals surface area contributed by atoms with Gasteiger partial charge in [-0.2, -0.15) is 0 Å². The molecule has 33 heavy (non-hydrogen) atoms. The molecule has 0 heterocycles. The van der Waals surface area contributed by atoms with Crippen LogP contribution in [0.15, 0.2) is 46.9 Å². The Hall–Kier alpha value is -2.40. The summed E-state index contributed by atoms with van der Waals surface area (Å²) in [7, 11) is 0. The highest BCUT2D eigenvalue weighted by atomic mass is 79.9. The molecule has 5 heteroatoms. The van der Waals surface area contributed by atoms with Crippen molar-refractivity contribution in [3.63, 3.8) is 0 Å². The minimum Gasteiger partial charge on any atom is -0.425 e. The van der Waals surface area contributed by atoms with Gasteiger partial charge in [0.25, 0.3) is 0 Å². The van der Waals surface area contributed by atoms with E-state index in [4.69, 9.17) is 9.47 Å². The number of hydrogen-bond acceptors (Lipinski definition) is 4. The first-order chi connectivity index (χ1) is 16.1. The van der Waals surface area contributed by atoms with Gasteiger partial charge < -0.3 is 9.47 Å². The van der Waals surface area contributed by atoms with Gasteiger partial charge in [-0.3, -0.25) is 9.59 Å². The monoisotopic (exact) mass is 512 g/mol. The number of ether oxygens (including phenoxy) is 2. The Kier molecular flexibility index (Phi) is 9.74. The Balaban J connectivity index is 1.98. The molecule has 0 amide bonds. The fraction of sp³-hybridized carbons (Fsp3) is 0.429. The van der Waals surface area contributed by atoms with Gasteiger partial charge in [-0.05, 0) is 18.9 Å². The summed E-state index contributed by atoms with van der Waals surface area (Å²) in [5.41, 5.74) is 0. The molecule has 0 N–H and O–H groups in total. The van der Waals surface area contributed by atoms with Gasteiger partial charge in [0.05, 0.1) is 0 Å². The summed E-state index contributed by atoms with van der Waals surface area (Å²) in [5, 5.41) is 3.01. The molecule has 0 radical (unpaired) electrons. The van der Waals surface area contributed by atoms with Crippen LogP contribution < -0.4 is 9.47 Å². The van der Waals surface area contributed by atoms with Crippen LogP contribution in [-0.2, 0) is 9.59 Å². The van der Waals surface area contributed by atoms with Crippen LogP contribution in [0.3, 0.4) is 0 Å². The second kappa shape index (κ2) is 12.7. The Morgan fingerprint density at radius 2 is 1.18 bits per heavy atom. The maximum absolute atomic E-state index is 12.7. The molecule has 0 aliphatic carbocycles. The van der Waals surface area contributed by atoms with E-state index in [1.807, 2.05) is 42.5 Å². The van der Waals surface area contributed by atoms with E-state index in [1.165, 1.54) is 0 Å². The Bertz CT molecular complexity index is 1110. The second-order valence-corrected chi connectivity index (χ2v) is 9.29. The summed E-state index contributed by atoms with van der Waals surface area (Å²) in [5.74, 6) is 0.550. The van der Waals surface area contributed by atoms with Crippen LogP contribution in [0.25, 0.3) is 21.5 Å². The highest BCUT2D eigenvalue weighted by molar-refractivity contribution is 9.10. The average molecular weight is 513 g/mol. The zero-order chi connectivity index (χ0) is 23.6. The van der Waals surface area contributed by atoms with Gasteiger partial charge >= 0.3 is 11.9 Å². The van der Waals surface area contributed by atoms with Crippen LogP contribution in [0.5, 0.6) is 11.5 Å². The minimum absolute atomic E-state index is 0.238. The zero-order valence-electron chi connectivity index (χ0n) is 19.6. The van der Waals surface area contributed by atoms with Crippen LogP contribution >= 0.6 is 15.9 Å². The molecule has 0 fully saturated rings. The average Bonchev–Trinajstić information content (AvgIpc) is 2.81. The molecule has 0 aromatic heterocycles. The summed E-state index contributed by atoms with van der Waals surface area (Å²) in [6, 6.07) is 13.3. The third kappa shape index (κ3) is 6.57. The molecule has 176 valence electrons. The lowest BCUT2D eigenvalue weighted by Gasteiger charge is -2.17. The maximum atomic E-state index is 12.7. The first kappa shape index (κ1) is 25.2. The number of carbonyl (C=O) groups excluding carboxylic acids is 2. The maximum Gasteiger partial charge on any atom is 0.311 e. The Morgan fingerprint density at radius 3 is 1.76 bits per heavy atom. The van der Waals surface area contributed by atoms with Crippen molar-refractivity contribution in [1.82, 2.24) is 0 Å². The Morgan fingerprint density at radius 1 is 0.667 bits per heavy atom. The lowest BCUT2D eigenvalue weighted by molar-refractivity contribution is -0.135. The van der Waals surface area contributed by atoms with Gasteiger partial charge in [-0.25, -0.2) is 0 Å². The number of fused-ring (bicyclic) bond motifs is 2. The van der Waals surface area contributed by atoms with Gasteiger partial charge in [0.2, 0.25) is 0 Å². The fourth-order valence-electron chi connectivity index (χ4n) is 4.04. The van der Waals surface area contributed by atoms with Gasteiger partial charge in [-0.1, -0.05) is 105 Å². The third-order valence-corrected chi connectivity index (χ3v) is 6.46. The standard InChI is InChI=1S/C28H33BrO4/c1-3-5-7-9-18-24(30)32-27-20-14-11-12-15-21(20)28(26-22(27)16-13-17-23(26)29)33-25(31)19-10-8-6-4-2/h11-17H,3-10,18-19H2,1-2H3. The molecule has 0 atom stereocenters. The molecule has 0 spiro atoms. The number of hydrogen-bond donors (Lipinski definition) is 0. The molecular formula is C28H33BrO4. The smallest absolute Gasteiger partial charge is 0.311 e. The Labute approximate surface area is 204 Å². The van der Waals surface area contributed by atoms with Crippen LogP contribution in [-0.4, -0.2) is 11.9 Å². The van der Waals surface area contributed by atoms with Crippen LogP contribution in [0.4, 0.5) is 0 Å². The van der Waals surface area contributed by atoms with E-state index >= 15 is 0 Å². The molecule has 0 unspecified atom stereocenters. The number of unbranched alkanes of at least 4 members (excludes halogenated alkanes) is 6. The first-order valence-corrected chi connectivity index (χ1v) is 12.9. The van der Waals surface area contributed by atoms with E-state index in [0.717, 1.165) is 77.4 Å². The van der Waals surface area contributed by atoms with Crippen molar-refractivity contribution in [2.75, 3.05) is 0 Å². The van der Waals surface area contributed by atoms with E-state index < -0.39 is 0 Å². The zero-order valence-corrected chi connectivity index (χ0v) is 21.2. The molecule has 0 aliphatic rings. The molecule has 0 bridgehead atoms. The van der Waals surface area contributed by atoms with Gasteiger partial charge in [0.1, 0.15) is 11.5 Å². The summed E-state index contributed by atoms with van der Waals surface area (Å²) < 4.78 is 12.7. The van der Waals surface area contributed by atoms with Crippen molar-refractivity contribution in [2.45, 2.75) is 78.1 Å². The van der Waals surface area contributed by atoms with Crippen molar-refractivity contribution in [2.24, 2.45) is 0 Å². The predicted octanol–water partition coefficient (Wildman–Crippen LogP) is 8.51. The van der Waals surface area contributed by atoms with E-state index in [2.05, 4.69) is 29.8 Å². The molecule has 3 aromatic rings. The number of halogens is 1. The van der Waals surface area contributed by atoms with Crippen molar-refractivity contribution in [3.05, 3.63) is 46.9 Å². The van der Waals surface area contributed by atoms with Crippen LogP contribution in [0, 0.1) is 0 Å². The van der Waals surface area contributed by atoms with Gasteiger partial charge in [0, 0.05) is 38.9 Å². The highest BCUT2D eigenvalue weighted by Gasteiger charge is 2.21. The molecule has 0 aliphatic heterocycles. The SMILES string of the molecule is CCCCCCC(=O)Oc1c2ccccc2c(OC(=O)CCCCCC)c2c(Br)cccc12. The molecule has 3 aromatic carbocycles. The van der Waals surface area contributed by atoms with Gasteiger partial charge in [0.15, 0.2) is 0 Å². The van der Waals surface area contributed by atoms with E-state index in [9.17, 15) is 9.59 Å². The van der Waals surface area contributed by atoms with E-state index in [0.29, 0.717) is 24.3 Å². The summed E-state index contributed by atoms with van der Waals surface area (Å²) >= 11 is 3.62. The normalized spacial score (nSPS) is 11.1. The van der Waals surface area contributed by atoms with Crippen molar-refractivity contribution < 1.29 is 19.1 Å². The number of esters is 2. The van der Waals surface area contributed by atoms with E-state index in [-0.39, 0.29) is 11.9 Å². The van der Waals surface area contributed by atoms with E-state index in [1.54, 1.807) is 0 Å². The topological polar surface area (TPSA) is 52.6 Å². The molecule has 0 saturated heterocycles. The molecule has 4 nitrogen and oxygen atoms in total. The van der Waals surface area contributed by atoms with Gasteiger partial charge in [-0.15, -0.1) is 0 Å². The van der Waals surface area contributed by atoms with Crippen LogP contribution in [0.1, 0.15) is 78.1 Å². The largest absolute Gasteiger partial charge is 0.425 e. The second-order valence-electron chi connectivity index (χ2n) is 8.44. The van der Waals surface area contributed by atoms with Crippen molar-refractivity contribution in [3.8, 4) is 11.5 Å². The molecular weight excluding hydrogens is 480 g/mol. The minimum atomic E-state index is -0.242. The summed E-state index contributed by atoms with van der Waals surface area (Å²) in [4.78, 5) is 25.3. The summed E-state index contributed by atoms with van der Waals surface area (Å²) in [6.45, 7) is 4.29. The number of carbonyl (C=O) groups is 2. The summed E-state index contributed by atoms with van der Waals surface area (Å²) in [6.07, 6.45) is 8.92. The highest BCUT2D eigenvalue weighted by Crippen LogP contribution is 2.45. The predicted molar refractivity (Wildman–Crippen MR) is 138 cm³/mol. The molecule has 0 saturated carbocycles. The van der Waals surface area contributed by atoms with Crippen molar-refractivity contribution in [1.29, 1.82) is 0 Å². The third-order valence-electron chi connectivity index (χ3n) is 5.80.